The first-order valence-corrected chi connectivity index (χ1v) is 11.6. The number of carbonyl (C=O) groups excluding carboxylic acids is 1. The number of rotatable bonds is 7. The Labute approximate surface area is 199 Å². The summed E-state index contributed by atoms with van der Waals surface area (Å²) >= 11 is 0. The van der Waals surface area contributed by atoms with Crippen LogP contribution in [0.25, 0.3) is 11.3 Å². The number of aliphatic imine (C=N–C) groups is 1. The Morgan fingerprint density at radius 3 is 2.47 bits per heavy atom. The zero-order valence-corrected chi connectivity index (χ0v) is 19.1. The van der Waals surface area contributed by atoms with Crippen LogP contribution in [0.1, 0.15) is 38.5 Å². The van der Waals surface area contributed by atoms with Gasteiger partial charge in [-0.05, 0) is 43.0 Å². The van der Waals surface area contributed by atoms with Gasteiger partial charge in [0.2, 0.25) is 0 Å². The van der Waals surface area contributed by atoms with E-state index < -0.39 is 0 Å². The lowest BCUT2D eigenvalue weighted by atomic mass is 9.83. The van der Waals surface area contributed by atoms with Crippen molar-refractivity contribution in [2.45, 2.75) is 44.6 Å². The second-order valence-corrected chi connectivity index (χ2v) is 8.50. The van der Waals surface area contributed by atoms with Gasteiger partial charge in [0.1, 0.15) is 0 Å². The molecule has 0 amide bonds. The predicted octanol–water partition coefficient (Wildman–Crippen LogP) is 4.41. The van der Waals surface area contributed by atoms with Crippen LogP contribution in [0.3, 0.4) is 0 Å². The summed E-state index contributed by atoms with van der Waals surface area (Å²) in [5.41, 5.74) is 14.6. The summed E-state index contributed by atoms with van der Waals surface area (Å²) in [4.78, 5) is 16.8. The fraction of sp³-hybridized carbons (Fsp3) is 0.308. The molecule has 4 rings (SSSR count). The summed E-state index contributed by atoms with van der Waals surface area (Å²) in [6, 6.07) is 20.2. The molecule has 0 spiro atoms. The van der Waals surface area contributed by atoms with Gasteiger partial charge >= 0.3 is 5.97 Å². The third-order valence-corrected chi connectivity index (χ3v) is 5.99. The molecule has 1 saturated carbocycles. The summed E-state index contributed by atoms with van der Waals surface area (Å²) in [5, 5.41) is 11.3. The largest absolute Gasteiger partial charge is 0.424 e. The normalized spacial score (nSPS) is 15.5. The molecule has 1 aliphatic carbocycles. The molecular formula is C26H30N6O2. The Balaban J connectivity index is 1.38. The van der Waals surface area contributed by atoms with Crippen molar-refractivity contribution in [2.24, 2.45) is 22.4 Å². The molecule has 8 nitrogen and oxygen atoms in total. The van der Waals surface area contributed by atoms with Gasteiger partial charge < -0.3 is 21.5 Å². The fourth-order valence-corrected chi connectivity index (χ4v) is 4.18. The number of nitrogens with two attached hydrogens (primary N) is 2. The minimum atomic E-state index is -0.356. The second-order valence-electron chi connectivity index (χ2n) is 8.50. The van der Waals surface area contributed by atoms with E-state index in [1.54, 1.807) is 24.3 Å². The molecule has 0 radical (unpaired) electrons. The number of aromatic nitrogens is 2. The average Bonchev–Trinajstić information content (AvgIpc) is 2.86. The third kappa shape index (κ3) is 6.39. The first kappa shape index (κ1) is 23.4. The first-order chi connectivity index (χ1) is 16.6. The molecule has 1 heterocycles. The molecule has 1 aliphatic rings. The third-order valence-electron chi connectivity index (χ3n) is 5.99. The molecule has 8 heteroatoms. The Kier molecular flexibility index (Phi) is 7.83. The number of guanidine groups is 1. The zero-order valence-electron chi connectivity index (χ0n) is 19.1. The van der Waals surface area contributed by atoms with Crippen LogP contribution in [0, 0.1) is 5.92 Å². The van der Waals surface area contributed by atoms with Crippen molar-refractivity contribution in [3.63, 3.8) is 0 Å². The number of esters is 1. The van der Waals surface area contributed by atoms with E-state index in [0.717, 1.165) is 24.1 Å². The number of carbonyl (C=O) groups is 1. The molecule has 2 aromatic carbocycles. The molecule has 0 bridgehead atoms. The minimum Gasteiger partial charge on any atom is -0.424 e. The van der Waals surface area contributed by atoms with Crippen molar-refractivity contribution >= 4 is 23.4 Å². The Hall–Kier alpha value is -3.78. The quantitative estimate of drug-likeness (QED) is 0.207. The van der Waals surface area contributed by atoms with Crippen LogP contribution in [-0.4, -0.2) is 28.2 Å². The van der Waals surface area contributed by atoms with E-state index in [4.69, 9.17) is 16.2 Å². The smallest absolute Gasteiger partial charge is 0.312 e. The van der Waals surface area contributed by atoms with Gasteiger partial charge in [0.05, 0.1) is 17.8 Å². The Bertz CT molecular complexity index is 1110. The van der Waals surface area contributed by atoms with Gasteiger partial charge in [0.15, 0.2) is 17.5 Å². The number of ether oxygens (including phenoxy) is 1. The van der Waals surface area contributed by atoms with Crippen molar-refractivity contribution in [1.29, 1.82) is 0 Å². The topological polar surface area (TPSA) is 129 Å². The lowest BCUT2D eigenvalue weighted by Crippen LogP contribution is -2.35. The van der Waals surface area contributed by atoms with Crippen molar-refractivity contribution in [3.8, 4) is 17.0 Å². The molecule has 176 valence electrons. The van der Waals surface area contributed by atoms with E-state index >= 15 is 0 Å². The first-order valence-electron chi connectivity index (χ1n) is 11.6. The minimum absolute atomic E-state index is 0.101. The van der Waals surface area contributed by atoms with Gasteiger partial charge in [-0.2, -0.15) is 4.99 Å². The molecule has 3 aromatic rings. The lowest BCUT2D eigenvalue weighted by Gasteiger charge is -2.26. The van der Waals surface area contributed by atoms with Crippen LogP contribution in [0.4, 0.5) is 11.5 Å². The molecule has 0 saturated heterocycles. The van der Waals surface area contributed by atoms with Crippen LogP contribution in [0.5, 0.6) is 5.75 Å². The van der Waals surface area contributed by atoms with E-state index in [2.05, 4.69) is 20.5 Å². The van der Waals surface area contributed by atoms with Crippen LogP contribution in [0.15, 0.2) is 71.7 Å². The summed E-state index contributed by atoms with van der Waals surface area (Å²) < 4.78 is 5.60. The van der Waals surface area contributed by atoms with Crippen LogP contribution < -0.4 is 21.5 Å². The predicted molar refractivity (Wildman–Crippen MR) is 134 cm³/mol. The molecule has 5 N–H and O–H groups in total. The number of para-hydroxylation sites is 2. The molecule has 0 aliphatic heterocycles. The van der Waals surface area contributed by atoms with Crippen molar-refractivity contribution in [1.82, 2.24) is 10.2 Å². The van der Waals surface area contributed by atoms with Gasteiger partial charge in [0, 0.05) is 11.6 Å². The maximum Gasteiger partial charge on any atom is 0.312 e. The number of nitrogens with one attached hydrogen (secondary N) is 1. The molecular weight excluding hydrogens is 428 g/mol. The summed E-state index contributed by atoms with van der Waals surface area (Å²) in [5.74, 6) is 0.853. The van der Waals surface area contributed by atoms with Crippen molar-refractivity contribution < 1.29 is 9.53 Å². The average molecular weight is 459 g/mol. The highest BCUT2D eigenvalue weighted by Gasteiger charge is 2.23. The van der Waals surface area contributed by atoms with Gasteiger partial charge in [-0.3, -0.25) is 4.79 Å². The van der Waals surface area contributed by atoms with Gasteiger partial charge in [-0.15, -0.1) is 10.2 Å². The highest BCUT2D eigenvalue weighted by Crippen LogP contribution is 2.28. The number of nitrogens with zero attached hydrogens (tertiary/aromatic N) is 3. The van der Waals surface area contributed by atoms with E-state index in [-0.39, 0.29) is 24.4 Å². The zero-order chi connectivity index (χ0) is 23.8. The molecule has 1 unspecified atom stereocenters. The maximum atomic E-state index is 12.5. The number of benzene rings is 2. The summed E-state index contributed by atoms with van der Waals surface area (Å²) in [7, 11) is 0. The van der Waals surface area contributed by atoms with E-state index in [9.17, 15) is 4.79 Å². The standard InChI is InChI=1S/C26H30N6O2/c27-20(18-9-3-1-4-10-18)17-25(33)34-23-14-8-7-13-22(23)29-26(28)30-24-16-15-21(31-32-24)19-11-5-2-6-12-19/h2,5-8,11-16,18,20H,1,3-4,9-10,17,27H2,(H3,28,29,30,32). The summed E-state index contributed by atoms with van der Waals surface area (Å²) in [6.45, 7) is 0. The summed E-state index contributed by atoms with van der Waals surface area (Å²) in [6.07, 6.45) is 5.95. The Morgan fingerprint density at radius 2 is 1.74 bits per heavy atom. The van der Waals surface area contributed by atoms with Crippen LogP contribution in [0.2, 0.25) is 0 Å². The van der Waals surface area contributed by atoms with Gasteiger partial charge in [-0.25, -0.2) is 0 Å². The van der Waals surface area contributed by atoms with Gasteiger partial charge in [0.25, 0.3) is 0 Å². The van der Waals surface area contributed by atoms with Crippen molar-refractivity contribution in [3.05, 3.63) is 66.7 Å². The molecule has 1 aromatic heterocycles. The number of anilines is 1. The molecule has 1 atom stereocenters. The second kappa shape index (κ2) is 11.4. The number of hydrogen-bond donors (Lipinski definition) is 3. The lowest BCUT2D eigenvalue weighted by molar-refractivity contribution is -0.135. The fourth-order valence-electron chi connectivity index (χ4n) is 4.18. The van der Waals surface area contributed by atoms with E-state index in [0.29, 0.717) is 23.2 Å². The SMILES string of the molecule is NC(=Nc1ccc(-c2ccccc2)nn1)Nc1ccccc1OC(=O)CC(N)C1CCCCC1. The number of hydrogen-bond acceptors (Lipinski definition) is 6. The molecule has 34 heavy (non-hydrogen) atoms. The van der Waals surface area contributed by atoms with Crippen LogP contribution >= 0.6 is 0 Å². The maximum absolute atomic E-state index is 12.5. The van der Waals surface area contributed by atoms with E-state index in [1.165, 1.54) is 19.3 Å². The highest BCUT2D eigenvalue weighted by molar-refractivity contribution is 5.95. The Morgan fingerprint density at radius 1 is 1.00 bits per heavy atom. The highest BCUT2D eigenvalue weighted by atomic mass is 16.5. The monoisotopic (exact) mass is 458 g/mol. The van der Waals surface area contributed by atoms with E-state index in [1.807, 2.05) is 42.5 Å². The molecule has 1 fully saturated rings. The van der Waals surface area contributed by atoms with Gasteiger partial charge in [-0.1, -0.05) is 61.7 Å². The van der Waals surface area contributed by atoms with Crippen LogP contribution in [-0.2, 0) is 4.79 Å². The van der Waals surface area contributed by atoms with Crippen molar-refractivity contribution in [2.75, 3.05) is 5.32 Å².